The van der Waals surface area contributed by atoms with Crippen LogP contribution >= 0.6 is 0 Å². The fourth-order valence-corrected chi connectivity index (χ4v) is 6.14. The Morgan fingerprint density at radius 1 is 1.02 bits per heavy atom. The Balaban J connectivity index is 1.22. The van der Waals surface area contributed by atoms with E-state index in [4.69, 9.17) is 9.98 Å². The van der Waals surface area contributed by atoms with Crippen LogP contribution in [-0.2, 0) is 6.42 Å². The second-order valence-electron chi connectivity index (χ2n) is 10.8. The zero-order valence-corrected chi connectivity index (χ0v) is 22.2. The number of anilines is 2. The first-order valence-corrected chi connectivity index (χ1v) is 13.6. The van der Waals surface area contributed by atoms with E-state index in [1.165, 1.54) is 12.1 Å². The molecule has 4 aromatic rings. The van der Waals surface area contributed by atoms with E-state index in [1.807, 2.05) is 29.3 Å². The lowest BCUT2D eigenvalue weighted by atomic mass is 10.0. The normalized spacial score (nSPS) is 19.2. The summed E-state index contributed by atoms with van der Waals surface area (Å²) in [6, 6.07) is 11.6. The quantitative estimate of drug-likeness (QED) is 0.377. The highest BCUT2D eigenvalue weighted by atomic mass is 19.1. The zero-order chi connectivity index (χ0) is 27.4. The van der Waals surface area contributed by atoms with Gasteiger partial charge >= 0.3 is 0 Å². The SMILES string of the molecule is CN1CCN(c2cc3c(cc2C#N)CC(c2cnn4ccc(N5CCC[C@@H]5c5cc(F)ccc5F)nc24)=N3)CC1. The van der Waals surface area contributed by atoms with Gasteiger partial charge in [0.15, 0.2) is 5.65 Å². The minimum atomic E-state index is -0.445. The van der Waals surface area contributed by atoms with Crippen molar-refractivity contribution < 1.29 is 8.78 Å². The molecule has 5 heterocycles. The Kier molecular flexibility index (Phi) is 5.97. The van der Waals surface area contributed by atoms with Gasteiger partial charge < -0.3 is 14.7 Å². The van der Waals surface area contributed by atoms with Crippen LogP contribution in [0.4, 0.5) is 26.0 Å². The lowest BCUT2D eigenvalue weighted by Gasteiger charge is -2.34. The Hall–Kier alpha value is -4.36. The third-order valence-corrected chi connectivity index (χ3v) is 8.30. The van der Waals surface area contributed by atoms with Gasteiger partial charge in [-0.2, -0.15) is 10.4 Å². The molecule has 0 N–H and O–H groups in total. The number of fused-ring (bicyclic) bond motifs is 2. The van der Waals surface area contributed by atoms with Crippen LogP contribution in [0.2, 0.25) is 0 Å². The maximum absolute atomic E-state index is 14.7. The number of hydrogen-bond acceptors (Lipinski definition) is 7. The van der Waals surface area contributed by atoms with Crippen molar-refractivity contribution in [2.45, 2.75) is 25.3 Å². The maximum atomic E-state index is 14.7. The number of halogens is 2. The molecule has 7 rings (SSSR count). The second-order valence-corrected chi connectivity index (χ2v) is 10.8. The third kappa shape index (κ3) is 4.18. The van der Waals surface area contributed by atoms with E-state index in [0.717, 1.165) is 73.3 Å². The number of nitrogens with zero attached hydrogens (tertiary/aromatic N) is 8. The Bertz CT molecular complexity index is 1700. The van der Waals surface area contributed by atoms with Crippen LogP contribution in [0.15, 0.2) is 53.8 Å². The molecule has 3 aliphatic rings. The molecule has 2 fully saturated rings. The van der Waals surface area contributed by atoms with E-state index in [1.54, 1.807) is 10.7 Å². The van der Waals surface area contributed by atoms with Crippen molar-refractivity contribution in [3.63, 3.8) is 0 Å². The lowest BCUT2D eigenvalue weighted by molar-refractivity contribution is 0.313. The van der Waals surface area contributed by atoms with E-state index >= 15 is 0 Å². The molecule has 10 heteroatoms. The van der Waals surface area contributed by atoms with Crippen molar-refractivity contribution in [3.05, 3.63) is 82.7 Å². The Morgan fingerprint density at radius 3 is 2.70 bits per heavy atom. The van der Waals surface area contributed by atoms with Crippen molar-refractivity contribution >= 4 is 28.6 Å². The fraction of sp³-hybridized carbons (Fsp3) is 0.333. The second kappa shape index (κ2) is 9.68. The molecule has 0 unspecified atom stereocenters. The summed E-state index contributed by atoms with van der Waals surface area (Å²) in [4.78, 5) is 16.5. The van der Waals surface area contributed by atoms with Gasteiger partial charge in [-0.15, -0.1) is 0 Å². The lowest BCUT2D eigenvalue weighted by Crippen LogP contribution is -2.44. The average molecular weight is 539 g/mol. The first kappa shape index (κ1) is 24.7. The molecule has 0 aliphatic carbocycles. The van der Waals surface area contributed by atoms with Crippen LogP contribution < -0.4 is 9.80 Å². The van der Waals surface area contributed by atoms with Crippen molar-refractivity contribution in [2.75, 3.05) is 49.6 Å². The van der Waals surface area contributed by atoms with Gasteiger partial charge in [0, 0.05) is 50.9 Å². The van der Waals surface area contributed by atoms with Gasteiger partial charge in [0.25, 0.3) is 0 Å². The van der Waals surface area contributed by atoms with Gasteiger partial charge in [-0.05, 0) is 61.9 Å². The predicted octanol–water partition coefficient (Wildman–Crippen LogP) is 4.65. The molecule has 2 saturated heterocycles. The summed E-state index contributed by atoms with van der Waals surface area (Å²) >= 11 is 0. The topological polar surface area (TPSA) is 76.1 Å². The highest BCUT2D eigenvalue weighted by molar-refractivity contribution is 6.10. The summed E-state index contributed by atoms with van der Waals surface area (Å²) in [6.45, 7) is 4.36. The molecule has 0 spiro atoms. The maximum Gasteiger partial charge on any atom is 0.166 e. The number of nitriles is 1. The summed E-state index contributed by atoms with van der Waals surface area (Å²) in [7, 11) is 2.11. The number of aliphatic imine (C=N–C) groups is 1. The van der Waals surface area contributed by atoms with Crippen molar-refractivity contribution in [1.82, 2.24) is 19.5 Å². The molecule has 0 saturated carbocycles. The van der Waals surface area contributed by atoms with E-state index in [9.17, 15) is 14.0 Å². The number of piperazine rings is 1. The van der Waals surface area contributed by atoms with E-state index in [2.05, 4.69) is 28.0 Å². The number of hydrogen-bond donors (Lipinski definition) is 0. The molecule has 2 aromatic carbocycles. The first-order valence-electron chi connectivity index (χ1n) is 13.6. The van der Waals surface area contributed by atoms with E-state index in [-0.39, 0.29) is 6.04 Å². The summed E-state index contributed by atoms with van der Waals surface area (Å²) in [5.74, 6) is -0.158. The summed E-state index contributed by atoms with van der Waals surface area (Å²) < 4.78 is 30.4. The van der Waals surface area contributed by atoms with Crippen molar-refractivity contribution in [2.24, 2.45) is 4.99 Å². The molecule has 8 nitrogen and oxygen atoms in total. The predicted molar refractivity (Wildman–Crippen MR) is 149 cm³/mol. The monoisotopic (exact) mass is 538 g/mol. The van der Waals surface area contributed by atoms with Crippen LogP contribution in [0.25, 0.3) is 5.65 Å². The fourth-order valence-electron chi connectivity index (χ4n) is 6.14. The minimum Gasteiger partial charge on any atom is -0.368 e. The van der Waals surface area contributed by atoms with Crippen molar-refractivity contribution in [1.29, 1.82) is 5.26 Å². The van der Waals surface area contributed by atoms with Gasteiger partial charge in [-0.3, -0.25) is 4.99 Å². The molecule has 40 heavy (non-hydrogen) atoms. The molecule has 3 aliphatic heterocycles. The molecule has 0 radical (unpaired) electrons. The average Bonchev–Trinajstić information content (AvgIpc) is 3.71. The Labute approximate surface area is 230 Å². The van der Waals surface area contributed by atoms with Gasteiger partial charge in [0.1, 0.15) is 23.5 Å². The van der Waals surface area contributed by atoms with Gasteiger partial charge in [-0.1, -0.05) is 0 Å². The number of likely N-dealkylation sites (N-methyl/N-ethyl adjacent to an activating group) is 1. The first-order chi connectivity index (χ1) is 19.5. The summed E-state index contributed by atoms with van der Waals surface area (Å²) in [5.41, 5.74) is 6.19. The number of rotatable bonds is 4. The van der Waals surface area contributed by atoms with Gasteiger partial charge in [-0.25, -0.2) is 18.3 Å². The number of aromatic nitrogens is 3. The van der Waals surface area contributed by atoms with Crippen LogP contribution in [0, 0.1) is 23.0 Å². The highest BCUT2D eigenvalue weighted by Crippen LogP contribution is 2.38. The summed E-state index contributed by atoms with van der Waals surface area (Å²) in [6.07, 6.45) is 5.79. The van der Waals surface area contributed by atoms with E-state index < -0.39 is 11.6 Å². The molecule has 2 aromatic heterocycles. The molecule has 1 atom stereocenters. The van der Waals surface area contributed by atoms with Gasteiger partial charge in [0.05, 0.1) is 40.5 Å². The standard InChI is InChI=1S/C30H28F2N8/c1-37-9-11-38(12-10-37)28-16-25-19(13-20(28)17-33)14-26(35-25)23-18-34-40-8-6-29(36-30(23)40)39-7-2-3-27(39)22-15-21(31)4-5-24(22)32/h4-6,8,13,15-16,18,27H,2-3,7,9-12,14H2,1H3/t27-/m1/s1. The molecule has 0 bridgehead atoms. The van der Waals surface area contributed by atoms with Crippen LogP contribution in [0.1, 0.15) is 41.1 Å². The van der Waals surface area contributed by atoms with Crippen LogP contribution in [-0.4, -0.2) is 65.0 Å². The zero-order valence-electron chi connectivity index (χ0n) is 22.2. The molecular weight excluding hydrogens is 510 g/mol. The van der Waals surface area contributed by atoms with Crippen LogP contribution in [0.5, 0.6) is 0 Å². The third-order valence-electron chi connectivity index (χ3n) is 8.30. The number of benzene rings is 2. The smallest absolute Gasteiger partial charge is 0.166 e. The highest BCUT2D eigenvalue weighted by Gasteiger charge is 2.31. The van der Waals surface area contributed by atoms with Crippen molar-refractivity contribution in [3.8, 4) is 6.07 Å². The molecule has 0 amide bonds. The van der Waals surface area contributed by atoms with Gasteiger partial charge in [0.2, 0.25) is 0 Å². The summed E-state index contributed by atoms with van der Waals surface area (Å²) in [5, 5.41) is 14.4. The Morgan fingerprint density at radius 2 is 1.88 bits per heavy atom. The largest absolute Gasteiger partial charge is 0.368 e. The minimum absolute atomic E-state index is 0.289. The molecular formula is C30H28F2N8. The van der Waals surface area contributed by atoms with E-state index in [0.29, 0.717) is 35.6 Å². The van der Waals surface area contributed by atoms with Crippen LogP contribution in [0.3, 0.4) is 0 Å². The molecule has 202 valence electrons.